The molecule has 0 bridgehead atoms. The fourth-order valence-corrected chi connectivity index (χ4v) is 3.64. The highest BCUT2D eigenvalue weighted by molar-refractivity contribution is 5.83. The molecule has 2 rings (SSSR count). The van der Waals surface area contributed by atoms with Gasteiger partial charge in [0.1, 0.15) is 0 Å². The minimum atomic E-state index is -0.333. The zero-order chi connectivity index (χ0) is 17.7. The van der Waals surface area contributed by atoms with Crippen molar-refractivity contribution >= 4 is 17.8 Å². The van der Waals surface area contributed by atoms with Crippen molar-refractivity contribution < 1.29 is 19.1 Å². The first-order valence-electron chi connectivity index (χ1n) is 8.92. The van der Waals surface area contributed by atoms with Crippen molar-refractivity contribution in [3.8, 4) is 0 Å². The van der Waals surface area contributed by atoms with Crippen LogP contribution in [0.4, 0.5) is 0 Å². The zero-order valence-electron chi connectivity index (χ0n) is 14.7. The summed E-state index contributed by atoms with van der Waals surface area (Å²) in [5.41, 5.74) is 5.39. The number of rotatable bonds is 5. The van der Waals surface area contributed by atoms with E-state index in [4.69, 9.17) is 10.5 Å². The molecule has 2 aliphatic rings. The molecule has 2 N–H and O–H groups in total. The number of nitrogens with zero attached hydrogens (tertiary/aromatic N) is 2. The molecule has 0 aromatic carbocycles. The lowest BCUT2D eigenvalue weighted by atomic mass is 9.95. The molecule has 2 saturated heterocycles. The average Bonchev–Trinajstić information content (AvgIpc) is 2.60. The number of hydrogen-bond donors (Lipinski definition) is 1. The summed E-state index contributed by atoms with van der Waals surface area (Å²) in [6, 6.07) is -0.297. The van der Waals surface area contributed by atoms with E-state index in [1.165, 1.54) is 0 Å². The van der Waals surface area contributed by atoms with Crippen LogP contribution in [0.1, 0.15) is 39.5 Å². The van der Waals surface area contributed by atoms with Gasteiger partial charge in [-0.3, -0.25) is 19.3 Å². The Morgan fingerprint density at radius 2 is 1.79 bits per heavy atom. The predicted octanol–water partition coefficient (Wildman–Crippen LogP) is 0.374. The van der Waals surface area contributed by atoms with Crippen molar-refractivity contribution in [2.75, 3.05) is 32.8 Å². The van der Waals surface area contributed by atoms with Gasteiger partial charge < -0.3 is 15.4 Å². The SMILES string of the molecule is CCOC(=O)[C@@H]1CCCN([C@@H](C)C(=O)N2CCC[C@@H](C(N)=O)C2)C1. The molecule has 3 atom stereocenters. The highest BCUT2D eigenvalue weighted by Gasteiger charge is 2.35. The van der Waals surface area contributed by atoms with Gasteiger partial charge in [0.25, 0.3) is 0 Å². The molecule has 0 aliphatic carbocycles. The Kier molecular flexibility index (Phi) is 6.60. The summed E-state index contributed by atoms with van der Waals surface area (Å²) >= 11 is 0. The van der Waals surface area contributed by atoms with E-state index >= 15 is 0 Å². The molecule has 136 valence electrons. The van der Waals surface area contributed by atoms with E-state index in [0.717, 1.165) is 32.2 Å². The fraction of sp³-hybridized carbons (Fsp3) is 0.824. The predicted molar refractivity (Wildman–Crippen MR) is 88.9 cm³/mol. The van der Waals surface area contributed by atoms with E-state index in [9.17, 15) is 14.4 Å². The van der Waals surface area contributed by atoms with Gasteiger partial charge in [0, 0.05) is 19.6 Å². The second-order valence-electron chi connectivity index (χ2n) is 6.79. The molecule has 2 aliphatic heterocycles. The number of nitrogens with two attached hydrogens (primary N) is 1. The normalized spacial score (nSPS) is 26.7. The molecule has 0 saturated carbocycles. The van der Waals surface area contributed by atoms with Crippen LogP contribution in [0, 0.1) is 11.8 Å². The minimum Gasteiger partial charge on any atom is -0.466 e. The first-order valence-corrected chi connectivity index (χ1v) is 8.92. The molecule has 0 radical (unpaired) electrons. The Hall–Kier alpha value is -1.63. The van der Waals surface area contributed by atoms with Gasteiger partial charge in [-0.25, -0.2) is 0 Å². The van der Waals surface area contributed by atoms with E-state index in [2.05, 4.69) is 4.90 Å². The average molecular weight is 339 g/mol. The largest absolute Gasteiger partial charge is 0.466 e. The molecule has 0 aromatic heterocycles. The van der Waals surface area contributed by atoms with Crippen molar-refractivity contribution in [1.82, 2.24) is 9.80 Å². The third-order valence-electron chi connectivity index (χ3n) is 5.11. The number of carbonyl (C=O) groups excluding carboxylic acids is 3. The molecule has 0 unspecified atom stereocenters. The quantitative estimate of drug-likeness (QED) is 0.731. The van der Waals surface area contributed by atoms with Crippen LogP contribution in [0.3, 0.4) is 0 Å². The summed E-state index contributed by atoms with van der Waals surface area (Å²) in [6.45, 7) is 6.50. The summed E-state index contributed by atoms with van der Waals surface area (Å²) in [6.07, 6.45) is 3.24. The zero-order valence-corrected chi connectivity index (χ0v) is 14.7. The summed E-state index contributed by atoms with van der Waals surface area (Å²) in [5.74, 6) is -0.892. The van der Waals surface area contributed by atoms with Crippen LogP contribution in [0.2, 0.25) is 0 Å². The van der Waals surface area contributed by atoms with Crippen LogP contribution in [-0.2, 0) is 19.1 Å². The van der Waals surface area contributed by atoms with E-state index in [-0.39, 0.29) is 35.7 Å². The lowest BCUT2D eigenvalue weighted by molar-refractivity contribution is -0.152. The number of piperidine rings is 2. The monoisotopic (exact) mass is 339 g/mol. The van der Waals surface area contributed by atoms with Crippen LogP contribution in [0.15, 0.2) is 0 Å². The first-order chi connectivity index (χ1) is 11.4. The number of likely N-dealkylation sites (tertiary alicyclic amines) is 2. The number of esters is 1. The minimum absolute atomic E-state index is 0.0189. The van der Waals surface area contributed by atoms with Crippen LogP contribution < -0.4 is 5.73 Å². The maximum atomic E-state index is 12.8. The summed E-state index contributed by atoms with van der Waals surface area (Å²) in [4.78, 5) is 39.9. The van der Waals surface area contributed by atoms with Crippen molar-refractivity contribution in [3.05, 3.63) is 0 Å². The van der Waals surface area contributed by atoms with E-state index in [1.54, 1.807) is 11.8 Å². The number of primary amides is 1. The number of hydrogen-bond acceptors (Lipinski definition) is 5. The van der Waals surface area contributed by atoms with Gasteiger partial charge in [-0.15, -0.1) is 0 Å². The molecule has 2 fully saturated rings. The fourth-order valence-electron chi connectivity index (χ4n) is 3.64. The molecule has 0 aromatic rings. The summed E-state index contributed by atoms with van der Waals surface area (Å²) in [5, 5.41) is 0. The number of amides is 2. The highest BCUT2D eigenvalue weighted by Crippen LogP contribution is 2.22. The maximum absolute atomic E-state index is 12.8. The molecular weight excluding hydrogens is 310 g/mol. The van der Waals surface area contributed by atoms with Gasteiger partial charge >= 0.3 is 5.97 Å². The van der Waals surface area contributed by atoms with Crippen molar-refractivity contribution in [3.63, 3.8) is 0 Å². The third-order valence-corrected chi connectivity index (χ3v) is 5.11. The number of carbonyl (C=O) groups is 3. The van der Waals surface area contributed by atoms with E-state index < -0.39 is 0 Å². The van der Waals surface area contributed by atoms with E-state index in [0.29, 0.717) is 26.2 Å². The Bertz CT molecular complexity index is 482. The van der Waals surface area contributed by atoms with Gasteiger partial charge in [-0.2, -0.15) is 0 Å². The van der Waals surface area contributed by atoms with Crippen LogP contribution >= 0.6 is 0 Å². The van der Waals surface area contributed by atoms with Crippen molar-refractivity contribution in [1.29, 1.82) is 0 Å². The standard InChI is InChI=1S/C17H29N3O4/c1-3-24-17(23)14-7-5-8-19(11-14)12(2)16(22)20-9-4-6-13(10-20)15(18)21/h12-14H,3-11H2,1-2H3,(H2,18,21)/t12-,13+,14+/m0/s1. The molecule has 2 amide bonds. The molecular formula is C17H29N3O4. The van der Waals surface area contributed by atoms with Gasteiger partial charge in [0.15, 0.2) is 0 Å². The van der Waals surface area contributed by atoms with Crippen molar-refractivity contribution in [2.24, 2.45) is 17.6 Å². The summed E-state index contributed by atoms with van der Waals surface area (Å²) in [7, 11) is 0. The smallest absolute Gasteiger partial charge is 0.310 e. The Morgan fingerprint density at radius 3 is 2.46 bits per heavy atom. The molecule has 7 nitrogen and oxygen atoms in total. The number of ether oxygens (including phenoxy) is 1. The molecule has 7 heteroatoms. The molecule has 24 heavy (non-hydrogen) atoms. The second-order valence-corrected chi connectivity index (χ2v) is 6.79. The molecule has 2 heterocycles. The molecule has 0 spiro atoms. The Morgan fingerprint density at radius 1 is 1.12 bits per heavy atom. The third kappa shape index (κ3) is 4.47. The summed E-state index contributed by atoms with van der Waals surface area (Å²) < 4.78 is 5.11. The maximum Gasteiger partial charge on any atom is 0.310 e. The second kappa shape index (κ2) is 8.46. The Labute approximate surface area is 143 Å². The lowest BCUT2D eigenvalue weighted by Gasteiger charge is -2.39. The van der Waals surface area contributed by atoms with E-state index in [1.807, 2.05) is 6.92 Å². The van der Waals surface area contributed by atoms with Crippen molar-refractivity contribution in [2.45, 2.75) is 45.6 Å². The lowest BCUT2D eigenvalue weighted by Crippen LogP contribution is -2.54. The Balaban J connectivity index is 1.94. The first kappa shape index (κ1) is 18.7. The van der Waals surface area contributed by atoms with Crippen LogP contribution in [-0.4, -0.2) is 66.4 Å². The van der Waals surface area contributed by atoms with Crippen LogP contribution in [0.5, 0.6) is 0 Å². The van der Waals surface area contributed by atoms with Crippen LogP contribution in [0.25, 0.3) is 0 Å². The van der Waals surface area contributed by atoms with Gasteiger partial charge in [0.05, 0.1) is 24.5 Å². The topological polar surface area (TPSA) is 92.9 Å². The van der Waals surface area contributed by atoms with Gasteiger partial charge in [-0.1, -0.05) is 0 Å². The van der Waals surface area contributed by atoms with Gasteiger partial charge in [-0.05, 0) is 46.1 Å². The highest BCUT2D eigenvalue weighted by atomic mass is 16.5. The van der Waals surface area contributed by atoms with Gasteiger partial charge in [0.2, 0.25) is 11.8 Å².